The van der Waals surface area contributed by atoms with E-state index in [0.717, 1.165) is 0 Å². The molecule has 0 aliphatic heterocycles. The highest BCUT2D eigenvalue weighted by Gasteiger charge is 2.20. The molecule has 0 fully saturated rings. The second-order valence-corrected chi connectivity index (χ2v) is 2.44. The molecule has 0 aliphatic carbocycles. The minimum atomic E-state index is -3.00. The summed E-state index contributed by atoms with van der Waals surface area (Å²) in [6.45, 7) is 1.37. The van der Waals surface area contributed by atoms with Crippen molar-refractivity contribution < 1.29 is 18.0 Å². The summed E-state index contributed by atoms with van der Waals surface area (Å²) in [6.07, 6.45) is -2.13. The average Bonchev–Trinajstić information content (AvgIpc) is 2.07. The molecule has 13 heavy (non-hydrogen) atoms. The third-order valence-corrected chi connectivity index (χ3v) is 1.64. The van der Waals surface area contributed by atoms with Gasteiger partial charge in [0, 0.05) is 11.3 Å². The number of carbonyl (C=O) groups is 1. The minimum absolute atomic E-state index is 0.103. The first-order chi connectivity index (χ1) is 6.07. The molecule has 1 aromatic heterocycles. The topological polar surface area (TPSA) is 30.0 Å². The zero-order chi connectivity index (χ0) is 10.0. The lowest BCUT2D eigenvalue weighted by atomic mass is 10.1. The Morgan fingerprint density at radius 2 is 2.15 bits per heavy atom. The summed E-state index contributed by atoms with van der Waals surface area (Å²) in [5, 5.41) is 0. The fraction of sp³-hybridized carbons (Fsp3) is 0.250. The van der Waals surface area contributed by atoms with Crippen molar-refractivity contribution >= 4 is 6.29 Å². The van der Waals surface area contributed by atoms with E-state index in [0.29, 0.717) is 6.20 Å². The van der Waals surface area contributed by atoms with Gasteiger partial charge in [0.25, 0.3) is 6.43 Å². The zero-order valence-electron chi connectivity index (χ0n) is 6.72. The number of aldehydes is 1. The number of hydrogen-bond acceptors (Lipinski definition) is 2. The molecule has 1 rings (SSSR count). The summed E-state index contributed by atoms with van der Waals surface area (Å²) in [5.74, 6) is -1.15. The van der Waals surface area contributed by atoms with Gasteiger partial charge in [0.1, 0.15) is 0 Å². The van der Waals surface area contributed by atoms with E-state index >= 15 is 0 Å². The van der Waals surface area contributed by atoms with Crippen LogP contribution in [0, 0.1) is 12.7 Å². The normalized spacial score (nSPS) is 10.5. The smallest absolute Gasteiger partial charge is 0.267 e. The Hall–Kier alpha value is -1.39. The van der Waals surface area contributed by atoms with E-state index in [1.165, 1.54) is 6.92 Å². The van der Waals surface area contributed by atoms with Gasteiger partial charge in [-0.05, 0) is 6.92 Å². The molecule has 2 nitrogen and oxygen atoms in total. The summed E-state index contributed by atoms with van der Waals surface area (Å²) < 4.78 is 37.2. The van der Waals surface area contributed by atoms with Crippen molar-refractivity contribution in [3.05, 3.63) is 28.8 Å². The number of carbonyl (C=O) groups excluding carboxylic acids is 1. The number of nitrogens with zero attached hydrogens (tertiary/aromatic N) is 1. The predicted molar refractivity (Wildman–Crippen MR) is 39.3 cm³/mol. The summed E-state index contributed by atoms with van der Waals surface area (Å²) in [5.41, 5.74) is -1.13. The SMILES string of the molecule is Cc1ncc(F)c(C(F)F)c1C=O. The molecular formula is C8H6F3NO. The van der Waals surface area contributed by atoms with Gasteiger partial charge in [-0.15, -0.1) is 0 Å². The monoisotopic (exact) mass is 189 g/mol. The molecule has 0 aromatic carbocycles. The minimum Gasteiger partial charge on any atom is -0.298 e. The Labute approximate surface area is 72.4 Å². The molecule has 1 aromatic rings. The van der Waals surface area contributed by atoms with Crippen molar-refractivity contribution in [3.63, 3.8) is 0 Å². The molecular weight excluding hydrogens is 183 g/mol. The fourth-order valence-electron chi connectivity index (χ4n) is 0.987. The molecule has 5 heteroatoms. The molecule has 0 atom stereocenters. The van der Waals surface area contributed by atoms with Crippen LogP contribution in [0.25, 0.3) is 0 Å². The first-order valence-electron chi connectivity index (χ1n) is 3.46. The molecule has 0 unspecified atom stereocenters. The summed E-state index contributed by atoms with van der Waals surface area (Å²) in [6, 6.07) is 0. The molecule has 0 saturated heterocycles. The standard InChI is InChI=1S/C8H6F3NO/c1-4-5(3-13)7(8(10)11)6(9)2-12-4/h2-3,8H,1H3. The van der Waals surface area contributed by atoms with E-state index in [1.54, 1.807) is 0 Å². The number of pyridine rings is 1. The van der Waals surface area contributed by atoms with E-state index in [-0.39, 0.29) is 17.5 Å². The lowest BCUT2D eigenvalue weighted by molar-refractivity contribution is 0.110. The molecule has 0 amide bonds. The molecule has 0 saturated carbocycles. The average molecular weight is 189 g/mol. The zero-order valence-corrected chi connectivity index (χ0v) is 6.72. The second kappa shape index (κ2) is 3.55. The van der Waals surface area contributed by atoms with Crippen molar-refractivity contribution in [1.82, 2.24) is 4.98 Å². The first kappa shape index (κ1) is 9.70. The Balaban J connectivity index is 3.43. The Morgan fingerprint density at radius 3 is 2.54 bits per heavy atom. The third-order valence-electron chi connectivity index (χ3n) is 1.64. The second-order valence-electron chi connectivity index (χ2n) is 2.44. The molecule has 70 valence electrons. The van der Waals surface area contributed by atoms with Gasteiger partial charge in [0.15, 0.2) is 12.1 Å². The molecule has 0 bridgehead atoms. The van der Waals surface area contributed by atoms with Crippen LogP contribution < -0.4 is 0 Å². The number of aromatic nitrogens is 1. The van der Waals surface area contributed by atoms with Gasteiger partial charge in [-0.3, -0.25) is 9.78 Å². The maximum Gasteiger partial charge on any atom is 0.267 e. The van der Waals surface area contributed by atoms with Crippen molar-refractivity contribution in [2.24, 2.45) is 0 Å². The van der Waals surface area contributed by atoms with E-state index < -0.39 is 17.8 Å². The highest BCUT2D eigenvalue weighted by molar-refractivity contribution is 5.78. The maximum absolute atomic E-state index is 12.8. The van der Waals surface area contributed by atoms with E-state index in [9.17, 15) is 18.0 Å². The Kier molecular flexibility index (Phi) is 2.65. The summed E-state index contributed by atoms with van der Waals surface area (Å²) in [4.78, 5) is 13.8. The van der Waals surface area contributed by atoms with Crippen molar-refractivity contribution in [2.75, 3.05) is 0 Å². The van der Waals surface area contributed by atoms with Gasteiger partial charge in [-0.2, -0.15) is 0 Å². The Bertz CT molecular complexity index is 338. The van der Waals surface area contributed by atoms with Crippen LogP contribution in [-0.4, -0.2) is 11.3 Å². The highest BCUT2D eigenvalue weighted by Crippen LogP contribution is 2.25. The first-order valence-corrected chi connectivity index (χ1v) is 3.46. The lowest BCUT2D eigenvalue weighted by Gasteiger charge is -2.06. The van der Waals surface area contributed by atoms with Crippen LogP contribution in [0.15, 0.2) is 6.20 Å². The molecule has 0 radical (unpaired) electrons. The molecule has 0 N–H and O–H groups in total. The van der Waals surface area contributed by atoms with Crippen LogP contribution in [-0.2, 0) is 0 Å². The van der Waals surface area contributed by atoms with Crippen LogP contribution >= 0.6 is 0 Å². The van der Waals surface area contributed by atoms with Gasteiger partial charge in [-0.25, -0.2) is 13.2 Å². The number of alkyl halides is 2. The third kappa shape index (κ3) is 1.68. The van der Waals surface area contributed by atoms with E-state index in [2.05, 4.69) is 4.98 Å². The van der Waals surface area contributed by atoms with Crippen LogP contribution in [0.2, 0.25) is 0 Å². The summed E-state index contributed by atoms with van der Waals surface area (Å²) in [7, 11) is 0. The van der Waals surface area contributed by atoms with Crippen molar-refractivity contribution in [2.45, 2.75) is 13.3 Å². The summed E-state index contributed by atoms with van der Waals surface area (Å²) >= 11 is 0. The molecule has 1 heterocycles. The van der Waals surface area contributed by atoms with Crippen molar-refractivity contribution in [3.8, 4) is 0 Å². The predicted octanol–water partition coefficient (Wildman–Crippen LogP) is 2.28. The highest BCUT2D eigenvalue weighted by atomic mass is 19.3. The number of rotatable bonds is 2. The maximum atomic E-state index is 12.8. The van der Waals surface area contributed by atoms with Crippen LogP contribution in [0.4, 0.5) is 13.2 Å². The van der Waals surface area contributed by atoms with Gasteiger partial charge < -0.3 is 0 Å². The van der Waals surface area contributed by atoms with Gasteiger partial charge in [-0.1, -0.05) is 0 Å². The number of aryl methyl sites for hydroxylation is 1. The Morgan fingerprint density at radius 1 is 1.54 bits per heavy atom. The van der Waals surface area contributed by atoms with Crippen molar-refractivity contribution in [1.29, 1.82) is 0 Å². The van der Waals surface area contributed by atoms with Gasteiger partial charge in [0.2, 0.25) is 0 Å². The molecule has 0 aliphatic rings. The largest absolute Gasteiger partial charge is 0.298 e. The molecule has 0 spiro atoms. The van der Waals surface area contributed by atoms with Crippen LogP contribution in [0.1, 0.15) is 28.0 Å². The van der Waals surface area contributed by atoms with Gasteiger partial charge in [0.05, 0.1) is 11.8 Å². The number of hydrogen-bond donors (Lipinski definition) is 0. The van der Waals surface area contributed by atoms with Crippen LogP contribution in [0.3, 0.4) is 0 Å². The van der Waals surface area contributed by atoms with E-state index in [4.69, 9.17) is 0 Å². The number of halogens is 3. The van der Waals surface area contributed by atoms with Crippen LogP contribution in [0.5, 0.6) is 0 Å². The fourth-order valence-corrected chi connectivity index (χ4v) is 0.987. The van der Waals surface area contributed by atoms with E-state index in [1.807, 2.05) is 0 Å². The lowest BCUT2D eigenvalue weighted by Crippen LogP contribution is -2.02. The quantitative estimate of drug-likeness (QED) is 0.668. The van der Waals surface area contributed by atoms with Gasteiger partial charge >= 0.3 is 0 Å².